The van der Waals surface area contributed by atoms with Crippen molar-refractivity contribution < 1.29 is 34.3 Å². The molecule has 0 amide bonds. The van der Waals surface area contributed by atoms with Crippen molar-refractivity contribution in [3.8, 4) is 17.2 Å². The predicted molar refractivity (Wildman–Crippen MR) is 80.9 cm³/mol. The Morgan fingerprint density at radius 1 is 1.35 bits per heavy atom. The molecule has 2 rings (SSSR count). The lowest BCUT2D eigenvalue weighted by Gasteiger charge is -2.31. The van der Waals surface area contributed by atoms with Crippen molar-refractivity contribution >= 4 is 5.97 Å². The molecule has 1 aromatic carbocycles. The Morgan fingerprint density at radius 3 is 2.61 bits per heavy atom. The molecule has 3 atom stereocenters. The van der Waals surface area contributed by atoms with Crippen LogP contribution in [0.1, 0.15) is 48.2 Å². The third-order valence-electron chi connectivity index (χ3n) is 3.93. The zero-order valence-electron chi connectivity index (χ0n) is 13.4. The third-order valence-corrected chi connectivity index (χ3v) is 3.93. The molecule has 7 heteroatoms. The van der Waals surface area contributed by atoms with Gasteiger partial charge in [-0.15, -0.1) is 0 Å². The molecule has 0 aliphatic carbocycles. The molecule has 3 N–H and O–H groups in total. The Hall–Kier alpha value is -1.99. The van der Waals surface area contributed by atoms with E-state index in [0.717, 1.165) is 6.42 Å². The van der Waals surface area contributed by atoms with Crippen LogP contribution in [0.4, 0.5) is 0 Å². The minimum absolute atomic E-state index is 0.000122. The number of phenols is 1. The number of ether oxygens (including phenoxy) is 3. The lowest BCUT2D eigenvalue weighted by atomic mass is 9.91. The van der Waals surface area contributed by atoms with E-state index in [4.69, 9.17) is 14.2 Å². The minimum atomic E-state index is -1.17. The van der Waals surface area contributed by atoms with Gasteiger partial charge in [0.25, 0.3) is 0 Å². The number of benzene rings is 1. The Morgan fingerprint density at radius 2 is 2.04 bits per heavy atom. The molecule has 0 saturated heterocycles. The van der Waals surface area contributed by atoms with Gasteiger partial charge in [0.2, 0.25) is 5.75 Å². The molecule has 0 aromatic heterocycles. The Bertz CT molecular complexity index is 584. The molecule has 1 heterocycles. The molecule has 0 saturated carbocycles. The number of hydrogen-bond acceptors (Lipinski definition) is 7. The smallest absolute Gasteiger partial charge is 0.342 e. The summed E-state index contributed by atoms with van der Waals surface area (Å²) in [5, 5.41) is 30.6. The fraction of sp³-hybridized carbons (Fsp3) is 0.562. The van der Waals surface area contributed by atoms with Gasteiger partial charge in [0.15, 0.2) is 11.5 Å². The van der Waals surface area contributed by atoms with Crippen molar-refractivity contribution in [3.05, 3.63) is 17.2 Å². The molecule has 23 heavy (non-hydrogen) atoms. The molecule has 0 spiro atoms. The highest BCUT2D eigenvalue weighted by Gasteiger charge is 2.39. The first-order valence-corrected chi connectivity index (χ1v) is 7.49. The number of methoxy groups -OCH3 is 2. The first kappa shape index (κ1) is 17.4. The first-order chi connectivity index (χ1) is 10.9. The summed E-state index contributed by atoms with van der Waals surface area (Å²) in [5.41, 5.74) is 0.0569. The van der Waals surface area contributed by atoms with Crippen LogP contribution < -0.4 is 9.47 Å². The van der Waals surface area contributed by atoms with E-state index >= 15 is 0 Å². The van der Waals surface area contributed by atoms with Gasteiger partial charge in [-0.25, -0.2) is 4.79 Å². The Kier molecular flexibility index (Phi) is 5.33. The van der Waals surface area contributed by atoms with Gasteiger partial charge in [0.05, 0.1) is 20.3 Å². The monoisotopic (exact) mass is 326 g/mol. The van der Waals surface area contributed by atoms with Gasteiger partial charge in [-0.1, -0.05) is 13.3 Å². The van der Waals surface area contributed by atoms with E-state index < -0.39 is 30.0 Å². The Labute approximate surface area is 134 Å². The maximum Gasteiger partial charge on any atom is 0.342 e. The number of aliphatic hydroxyl groups excluding tert-OH is 2. The van der Waals surface area contributed by atoms with Gasteiger partial charge in [0, 0.05) is 12.0 Å². The highest BCUT2D eigenvalue weighted by atomic mass is 16.6. The highest BCUT2D eigenvalue weighted by molar-refractivity contribution is 5.97. The molecule has 3 unspecified atom stereocenters. The quantitative estimate of drug-likeness (QED) is 0.681. The summed E-state index contributed by atoms with van der Waals surface area (Å²) in [6, 6.07) is 1.44. The summed E-state index contributed by atoms with van der Waals surface area (Å²) in [4.78, 5) is 12.2. The number of aliphatic hydroxyl groups is 2. The molecule has 0 radical (unpaired) electrons. The number of cyclic esters (lactones) is 1. The van der Waals surface area contributed by atoms with E-state index in [-0.39, 0.29) is 29.0 Å². The van der Waals surface area contributed by atoms with Crippen molar-refractivity contribution in [2.24, 2.45) is 0 Å². The number of rotatable bonds is 6. The second-order valence-corrected chi connectivity index (χ2v) is 5.49. The summed E-state index contributed by atoms with van der Waals surface area (Å²) in [7, 11) is 2.72. The number of carbonyl (C=O) groups is 1. The van der Waals surface area contributed by atoms with Gasteiger partial charge in [-0.3, -0.25) is 0 Å². The van der Waals surface area contributed by atoms with Gasteiger partial charge in [-0.2, -0.15) is 0 Å². The van der Waals surface area contributed by atoms with Crippen molar-refractivity contribution in [1.82, 2.24) is 0 Å². The van der Waals surface area contributed by atoms with Gasteiger partial charge in [-0.05, 0) is 12.5 Å². The van der Waals surface area contributed by atoms with E-state index in [9.17, 15) is 20.1 Å². The van der Waals surface area contributed by atoms with Crippen LogP contribution in [0.3, 0.4) is 0 Å². The first-order valence-electron chi connectivity index (χ1n) is 7.49. The Balaban J connectivity index is 2.41. The lowest BCUT2D eigenvalue weighted by molar-refractivity contribution is -0.0485. The minimum Gasteiger partial charge on any atom is -0.504 e. The average molecular weight is 326 g/mol. The number of aromatic hydroxyl groups is 1. The average Bonchev–Trinajstić information content (AvgIpc) is 2.51. The molecule has 0 bridgehead atoms. The van der Waals surface area contributed by atoms with Crippen molar-refractivity contribution in [3.63, 3.8) is 0 Å². The lowest BCUT2D eigenvalue weighted by Crippen LogP contribution is -2.35. The molecule has 1 aliphatic rings. The zero-order valence-corrected chi connectivity index (χ0v) is 13.4. The highest BCUT2D eigenvalue weighted by Crippen LogP contribution is 2.46. The molecular weight excluding hydrogens is 304 g/mol. The standard InChI is InChI=1S/C16H22O7/c1-4-5-8(17)6-10-13(18)9-7-11(21-2)15(22-3)14(19)12(9)16(20)23-10/h7-8,10,13,17-19H,4-6H2,1-3H3. The van der Waals surface area contributed by atoms with Crippen LogP contribution in [-0.4, -0.2) is 47.7 Å². The van der Waals surface area contributed by atoms with Crippen LogP contribution in [0.5, 0.6) is 17.2 Å². The summed E-state index contributed by atoms with van der Waals surface area (Å²) in [6.07, 6.45) is -1.28. The fourth-order valence-corrected chi connectivity index (χ4v) is 2.80. The molecule has 128 valence electrons. The van der Waals surface area contributed by atoms with E-state index in [0.29, 0.717) is 6.42 Å². The van der Waals surface area contributed by atoms with E-state index in [2.05, 4.69) is 0 Å². The molecular formula is C16H22O7. The van der Waals surface area contributed by atoms with Gasteiger partial charge >= 0.3 is 5.97 Å². The molecule has 1 aliphatic heterocycles. The summed E-state index contributed by atoms with van der Waals surface area (Å²) in [5.74, 6) is -0.999. The summed E-state index contributed by atoms with van der Waals surface area (Å²) in [6.45, 7) is 1.93. The number of carbonyl (C=O) groups excluding carboxylic acids is 1. The van der Waals surface area contributed by atoms with Crippen molar-refractivity contribution in [2.45, 2.75) is 44.5 Å². The topological polar surface area (TPSA) is 105 Å². The van der Waals surface area contributed by atoms with Crippen LogP contribution in [-0.2, 0) is 4.74 Å². The molecule has 7 nitrogen and oxygen atoms in total. The van der Waals surface area contributed by atoms with Crippen LogP contribution in [0.2, 0.25) is 0 Å². The summed E-state index contributed by atoms with van der Waals surface area (Å²) >= 11 is 0. The largest absolute Gasteiger partial charge is 0.504 e. The van der Waals surface area contributed by atoms with Crippen LogP contribution in [0.15, 0.2) is 6.07 Å². The maximum absolute atomic E-state index is 12.2. The SMILES string of the molecule is CCCC(O)CC1OC(=O)c2c(cc(OC)c(OC)c2O)C1O. The second kappa shape index (κ2) is 7.06. The normalized spacial score (nSPS) is 21.3. The summed E-state index contributed by atoms with van der Waals surface area (Å²) < 4.78 is 15.4. The fourth-order valence-electron chi connectivity index (χ4n) is 2.80. The van der Waals surface area contributed by atoms with E-state index in [1.807, 2.05) is 6.92 Å². The number of esters is 1. The predicted octanol–water partition coefficient (Wildman–Crippen LogP) is 1.53. The van der Waals surface area contributed by atoms with Crippen LogP contribution in [0, 0.1) is 0 Å². The van der Waals surface area contributed by atoms with Crippen molar-refractivity contribution in [2.75, 3.05) is 14.2 Å². The second-order valence-electron chi connectivity index (χ2n) is 5.49. The van der Waals surface area contributed by atoms with Gasteiger partial charge < -0.3 is 29.5 Å². The van der Waals surface area contributed by atoms with Crippen LogP contribution in [0.25, 0.3) is 0 Å². The zero-order chi connectivity index (χ0) is 17.1. The van der Waals surface area contributed by atoms with Crippen molar-refractivity contribution in [1.29, 1.82) is 0 Å². The number of phenolic OH excluding ortho intramolecular Hbond substituents is 1. The third kappa shape index (κ3) is 3.20. The van der Waals surface area contributed by atoms with E-state index in [1.54, 1.807) is 0 Å². The van der Waals surface area contributed by atoms with E-state index in [1.165, 1.54) is 20.3 Å². The van der Waals surface area contributed by atoms with Crippen LogP contribution >= 0.6 is 0 Å². The van der Waals surface area contributed by atoms with Gasteiger partial charge in [0.1, 0.15) is 17.8 Å². The molecule has 0 fully saturated rings. The molecule has 1 aromatic rings. The maximum atomic E-state index is 12.2. The number of fused-ring (bicyclic) bond motifs is 1. The number of hydrogen-bond donors (Lipinski definition) is 3.